The lowest BCUT2D eigenvalue weighted by atomic mass is 10.2. The lowest BCUT2D eigenvalue weighted by molar-refractivity contribution is -0.119. The minimum atomic E-state index is -0.182. The van der Waals surface area contributed by atoms with Crippen LogP contribution < -0.4 is 10.6 Å². The van der Waals surface area contributed by atoms with Crippen molar-refractivity contribution < 1.29 is 13.9 Å². The molecule has 1 aromatic carbocycles. The van der Waals surface area contributed by atoms with Crippen LogP contribution in [0.15, 0.2) is 40.8 Å². The van der Waals surface area contributed by atoms with Crippen molar-refractivity contribution in [2.24, 2.45) is 0 Å². The second kappa shape index (κ2) is 6.98. The normalized spacial score (nSPS) is 10.3. The van der Waals surface area contributed by atoms with Crippen molar-refractivity contribution in [3.05, 3.63) is 47.4 Å². The van der Waals surface area contributed by atoms with Crippen LogP contribution in [-0.4, -0.2) is 19.6 Å². The molecule has 1 aromatic heterocycles. The summed E-state index contributed by atoms with van der Waals surface area (Å²) in [6.45, 7) is 0.585. The van der Waals surface area contributed by atoms with E-state index in [4.69, 9.17) is 20.8 Å². The zero-order valence-electron chi connectivity index (χ0n) is 11.0. The van der Waals surface area contributed by atoms with Gasteiger partial charge in [-0.2, -0.15) is 0 Å². The Morgan fingerprint density at radius 3 is 2.50 bits per heavy atom. The summed E-state index contributed by atoms with van der Waals surface area (Å²) in [4.78, 5) is 11.3. The summed E-state index contributed by atoms with van der Waals surface area (Å²) in [6.07, 6.45) is 0. The Kier molecular flexibility index (Phi) is 5.03. The highest BCUT2D eigenvalue weighted by Gasteiger charge is 2.02. The third kappa shape index (κ3) is 4.29. The number of anilines is 2. The number of hydrogen-bond acceptors (Lipinski definition) is 4. The van der Waals surface area contributed by atoms with Crippen LogP contribution in [-0.2, 0) is 16.1 Å². The molecule has 0 atom stereocenters. The smallest absolute Gasteiger partial charge is 0.250 e. The van der Waals surface area contributed by atoms with E-state index in [-0.39, 0.29) is 12.5 Å². The van der Waals surface area contributed by atoms with Crippen LogP contribution in [0.3, 0.4) is 0 Å². The largest absolute Gasteiger partial charge is 0.448 e. The van der Waals surface area contributed by atoms with Gasteiger partial charge < -0.3 is 19.8 Å². The fourth-order valence-corrected chi connectivity index (χ4v) is 1.80. The van der Waals surface area contributed by atoms with Crippen LogP contribution in [0.4, 0.5) is 11.4 Å². The number of halogens is 1. The molecule has 1 amide bonds. The van der Waals surface area contributed by atoms with E-state index in [1.54, 1.807) is 6.07 Å². The summed E-state index contributed by atoms with van der Waals surface area (Å²) in [6, 6.07) is 10.9. The van der Waals surface area contributed by atoms with Crippen LogP contribution in [0.5, 0.6) is 0 Å². The molecule has 2 aromatic rings. The molecule has 2 rings (SSSR count). The summed E-state index contributed by atoms with van der Waals surface area (Å²) >= 11 is 5.69. The van der Waals surface area contributed by atoms with Gasteiger partial charge in [-0.15, -0.1) is 0 Å². The van der Waals surface area contributed by atoms with E-state index in [1.807, 2.05) is 30.3 Å². The van der Waals surface area contributed by atoms with Gasteiger partial charge >= 0.3 is 0 Å². The Balaban J connectivity index is 1.86. The van der Waals surface area contributed by atoms with Crippen molar-refractivity contribution in [1.29, 1.82) is 0 Å². The molecule has 5 nitrogen and oxygen atoms in total. The van der Waals surface area contributed by atoms with Gasteiger partial charge in [0.05, 0.1) is 6.54 Å². The zero-order valence-corrected chi connectivity index (χ0v) is 11.7. The Morgan fingerprint density at radius 1 is 1.20 bits per heavy atom. The monoisotopic (exact) mass is 294 g/mol. The molecule has 1 heterocycles. The topological polar surface area (TPSA) is 63.5 Å². The van der Waals surface area contributed by atoms with Crippen molar-refractivity contribution in [2.75, 3.05) is 24.4 Å². The SMILES string of the molecule is COCC(=O)Nc1ccc(NCc2ccc(Cl)o2)cc1. The van der Waals surface area contributed by atoms with Gasteiger partial charge in [-0.05, 0) is 48.0 Å². The average molecular weight is 295 g/mol. The first-order valence-electron chi connectivity index (χ1n) is 6.04. The lowest BCUT2D eigenvalue weighted by Gasteiger charge is -2.07. The number of rotatable bonds is 6. The summed E-state index contributed by atoms with van der Waals surface area (Å²) in [7, 11) is 1.48. The minimum Gasteiger partial charge on any atom is -0.448 e. The van der Waals surface area contributed by atoms with Crippen molar-refractivity contribution in [1.82, 2.24) is 0 Å². The molecule has 0 fully saturated rings. The van der Waals surface area contributed by atoms with Gasteiger partial charge in [-0.1, -0.05) is 0 Å². The minimum absolute atomic E-state index is 0.0409. The van der Waals surface area contributed by atoms with E-state index in [2.05, 4.69) is 10.6 Å². The highest BCUT2D eigenvalue weighted by atomic mass is 35.5. The fraction of sp³-hybridized carbons (Fsp3) is 0.214. The first-order chi connectivity index (χ1) is 9.67. The second-order valence-electron chi connectivity index (χ2n) is 4.12. The van der Waals surface area contributed by atoms with Gasteiger partial charge in [-0.25, -0.2) is 0 Å². The van der Waals surface area contributed by atoms with Crippen molar-refractivity contribution in [3.8, 4) is 0 Å². The summed E-state index contributed by atoms with van der Waals surface area (Å²) in [5.41, 5.74) is 1.64. The van der Waals surface area contributed by atoms with Crippen LogP contribution in [0, 0.1) is 0 Å². The molecular weight excluding hydrogens is 280 g/mol. The number of benzene rings is 1. The van der Waals surface area contributed by atoms with Crippen molar-refractivity contribution in [2.45, 2.75) is 6.54 Å². The van der Waals surface area contributed by atoms with Crippen LogP contribution in [0.1, 0.15) is 5.76 Å². The third-order valence-corrected chi connectivity index (χ3v) is 2.74. The first-order valence-corrected chi connectivity index (χ1v) is 6.42. The van der Waals surface area contributed by atoms with Crippen molar-refractivity contribution in [3.63, 3.8) is 0 Å². The number of carbonyl (C=O) groups excluding carboxylic acids is 1. The molecule has 0 aliphatic heterocycles. The quantitative estimate of drug-likeness (QED) is 0.859. The summed E-state index contributed by atoms with van der Waals surface area (Å²) in [5, 5.41) is 6.28. The molecular formula is C14H15ClN2O3. The van der Waals surface area contributed by atoms with E-state index in [0.29, 0.717) is 11.8 Å². The maximum absolute atomic E-state index is 11.3. The van der Waals surface area contributed by atoms with E-state index in [9.17, 15) is 4.79 Å². The zero-order chi connectivity index (χ0) is 14.4. The van der Waals surface area contributed by atoms with Crippen LogP contribution in [0.25, 0.3) is 0 Å². The van der Waals surface area contributed by atoms with Gasteiger partial charge in [0.1, 0.15) is 12.4 Å². The number of amides is 1. The Bertz CT molecular complexity index is 566. The molecule has 0 aliphatic carbocycles. The predicted molar refractivity (Wildman–Crippen MR) is 78.0 cm³/mol. The van der Waals surface area contributed by atoms with Crippen molar-refractivity contribution >= 4 is 28.9 Å². The van der Waals surface area contributed by atoms with Gasteiger partial charge in [0.15, 0.2) is 5.22 Å². The van der Waals surface area contributed by atoms with E-state index in [1.165, 1.54) is 7.11 Å². The van der Waals surface area contributed by atoms with Gasteiger partial charge in [0.2, 0.25) is 5.91 Å². The predicted octanol–water partition coefficient (Wildman–Crippen LogP) is 3.13. The number of furan rings is 1. The lowest BCUT2D eigenvalue weighted by Crippen LogP contribution is -2.16. The molecule has 0 bridgehead atoms. The molecule has 0 saturated carbocycles. The van der Waals surface area contributed by atoms with Gasteiger partial charge in [0, 0.05) is 18.5 Å². The highest BCUT2D eigenvalue weighted by Crippen LogP contribution is 2.17. The molecule has 0 unspecified atom stereocenters. The second-order valence-corrected chi connectivity index (χ2v) is 4.49. The fourth-order valence-electron chi connectivity index (χ4n) is 1.64. The van der Waals surface area contributed by atoms with Gasteiger partial charge in [-0.3, -0.25) is 4.79 Å². The van der Waals surface area contributed by atoms with Crippen LogP contribution >= 0.6 is 11.6 Å². The Labute approximate surface area is 121 Å². The standard InChI is InChI=1S/C14H15ClN2O3/c1-19-9-14(18)17-11-4-2-10(3-5-11)16-8-12-6-7-13(15)20-12/h2-7,16H,8-9H2,1H3,(H,17,18). The molecule has 2 N–H and O–H groups in total. The molecule has 20 heavy (non-hydrogen) atoms. The highest BCUT2D eigenvalue weighted by molar-refractivity contribution is 6.28. The number of ether oxygens (including phenoxy) is 1. The molecule has 0 spiro atoms. The summed E-state index contributed by atoms with van der Waals surface area (Å²) < 4.78 is 9.98. The maximum Gasteiger partial charge on any atom is 0.250 e. The first kappa shape index (κ1) is 14.4. The van der Waals surface area contributed by atoms with Gasteiger partial charge in [0.25, 0.3) is 0 Å². The molecule has 0 radical (unpaired) electrons. The Hall–Kier alpha value is -1.98. The molecule has 106 valence electrons. The number of methoxy groups -OCH3 is 1. The molecule has 6 heteroatoms. The summed E-state index contributed by atoms with van der Waals surface area (Å²) in [5.74, 6) is 0.575. The van der Waals surface area contributed by atoms with Crippen LogP contribution in [0.2, 0.25) is 5.22 Å². The average Bonchev–Trinajstić information content (AvgIpc) is 2.84. The van der Waals surface area contributed by atoms with E-state index < -0.39 is 0 Å². The molecule has 0 saturated heterocycles. The van der Waals surface area contributed by atoms with E-state index >= 15 is 0 Å². The number of hydrogen-bond donors (Lipinski definition) is 2. The Morgan fingerprint density at radius 2 is 1.90 bits per heavy atom. The number of carbonyl (C=O) groups is 1. The van der Waals surface area contributed by atoms with E-state index in [0.717, 1.165) is 17.1 Å². The third-order valence-electron chi connectivity index (χ3n) is 2.54. The maximum atomic E-state index is 11.3. The number of nitrogens with one attached hydrogen (secondary N) is 2. The molecule has 0 aliphatic rings.